The third-order valence-electron chi connectivity index (χ3n) is 4.92. The fraction of sp³-hybridized carbons (Fsp3) is 0.250. The molecule has 3 aromatic rings. The minimum atomic E-state index is -3.69. The Morgan fingerprint density at radius 3 is 1.50 bits per heavy atom. The summed E-state index contributed by atoms with van der Waals surface area (Å²) < 4.78 is 56.0. The molecular formula is C24H33N2O9P3. The number of hydrogen-bond acceptors (Lipinski definition) is 11. The molecule has 0 heterocycles. The van der Waals surface area contributed by atoms with Crippen LogP contribution in [0.15, 0.2) is 77.3 Å². The van der Waals surface area contributed by atoms with E-state index in [2.05, 4.69) is 4.86 Å². The molecule has 0 spiro atoms. The van der Waals surface area contributed by atoms with Gasteiger partial charge in [-0.25, -0.2) is 0 Å². The van der Waals surface area contributed by atoms with Crippen LogP contribution in [0.25, 0.3) is 0 Å². The van der Waals surface area contributed by atoms with Crippen molar-refractivity contribution in [3.8, 4) is 34.5 Å². The molecule has 1 N–H and O–H groups in total. The summed E-state index contributed by atoms with van der Waals surface area (Å²) >= 11 is 0. The maximum atomic E-state index is 6.33. The van der Waals surface area contributed by atoms with Crippen molar-refractivity contribution in [1.82, 2.24) is 4.86 Å². The van der Waals surface area contributed by atoms with Gasteiger partial charge in [0.1, 0.15) is 0 Å². The third-order valence-corrected chi connectivity index (χ3v) is 11.2. The molecule has 0 aliphatic carbocycles. The molecule has 0 saturated heterocycles. The van der Waals surface area contributed by atoms with Crippen LogP contribution < -0.4 is 32.6 Å². The molecule has 3 aromatic carbocycles. The van der Waals surface area contributed by atoms with Crippen molar-refractivity contribution in [2.24, 2.45) is 4.52 Å². The molecule has 2 unspecified atom stereocenters. The van der Waals surface area contributed by atoms with E-state index in [4.69, 9.17) is 45.9 Å². The van der Waals surface area contributed by atoms with Gasteiger partial charge in [-0.2, -0.15) is 0 Å². The quantitative estimate of drug-likeness (QED) is 0.195. The van der Waals surface area contributed by atoms with Crippen molar-refractivity contribution in [3.63, 3.8) is 0 Å². The Kier molecular flexibility index (Phi) is 11.9. The van der Waals surface area contributed by atoms with Crippen molar-refractivity contribution in [3.05, 3.63) is 72.8 Å². The van der Waals surface area contributed by atoms with Gasteiger partial charge in [0.05, 0.1) is 0 Å². The average Bonchev–Trinajstić information content (AvgIpc) is 2.97. The molecule has 2 atom stereocenters. The minimum absolute atomic E-state index is 0.493. The van der Waals surface area contributed by atoms with E-state index in [1.807, 2.05) is 0 Å². The Morgan fingerprint density at radius 1 is 0.632 bits per heavy atom. The molecule has 14 heteroatoms. The Labute approximate surface area is 225 Å². The first-order chi connectivity index (χ1) is 18.5. The zero-order chi connectivity index (χ0) is 27.4. The molecule has 0 radical (unpaired) electrons. The molecule has 0 aliphatic rings. The zero-order valence-electron chi connectivity index (χ0n) is 22.0. The summed E-state index contributed by atoms with van der Waals surface area (Å²) in [6, 6.07) is 21.2. The van der Waals surface area contributed by atoms with Gasteiger partial charge in [0.25, 0.3) is 0 Å². The molecule has 0 aromatic heterocycles. The molecule has 0 bridgehead atoms. The average molecular weight is 586 g/mol. The van der Waals surface area contributed by atoms with E-state index >= 15 is 0 Å². The van der Waals surface area contributed by atoms with E-state index in [0.29, 0.717) is 34.5 Å². The second kappa shape index (κ2) is 15.1. The van der Waals surface area contributed by atoms with Crippen LogP contribution in [-0.4, -0.2) is 42.7 Å². The van der Waals surface area contributed by atoms with Crippen molar-refractivity contribution in [2.75, 3.05) is 42.7 Å². The van der Waals surface area contributed by atoms with Crippen LogP contribution in [0.4, 0.5) is 0 Å². The van der Waals surface area contributed by atoms with E-state index in [1.165, 1.54) is 21.3 Å². The molecule has 0 aliphatic heterocycles. The van der Waals surface area contributed by atoms with Crippen molar-refractivity contribution < 1.29 is 41.4 Å². The van der Waals surface area contributed by atoms with Gasteiger partial charge in [-0.05, 0) is 0 Å². The summed E-state index contributed by atoms with van der Waals surface area (Å²) in [5, 5.41) is 0. The number of nitrogens with one attached hydrogen (secondary N) is 1. The molecule has 0 fully saturated rings. The fourth-order valence-electron chi connectivity index (χ4n) is 2.94. The summed E-state index contributed by atoms with van der Waals surface area (Å²) in [7, 11) is 1.55. The van der Waals surface area contributed by atoms with E-state index < -0.39 is 24.7 Å². The van der Waals surface area contributed by atoms with Gasteiger partial charge in [-0.1, -0.05) is 0 Å². The number of nitrogens with zero attached hydrogens (tertiary/aromatic N) is 1. The predicted octanol–water partition coefficient (Wildman–Crippen LogP) is 6.64. The molecule has 11 nitrogen and oxygen atoms in total. The van der Waals surface area contributed by atoms with Crippen molar-refractivity contribution in [1.29, 1.82) is 0 Å². The summed E-state index contributed by atoms with van der Waals surface area (Å²) in [5.74, 6) is 3.69. The molecule has 3 rings (SSSR count). The van der Waals surface area contributed by atoms with E-state index in [-0.39, 0.29) is 0 Å². The Balaban J connectivity index is 1.92. The van der Waals surface area contributed by atoms with Gasteiger partial charge >= 0.3 is 225 Å². The first kappa shape index (κ1) is 29.9. The van der Waals surface area contributed by atoms with Crippen molar-refractivity contribution >= 4 is 24.7 Å². The van der Waals surface area contributed by atoms with E-state index in [0.717, 1.165) is 0 Å². The Morgan fingerprint density at radius 2 is 1.08 bits per heavy atom. The fourth-order valence-corrected chi connectivity index (χ4v) is 9.01. The van der Waals surface area contributed by atoms with Crippen LogP contribution in [-0.2, 0) is 13.6 Å². The third kappa shape index (κ3) is 8.72. The molecular weight excluding hydrogens is 553 g/mol. The van der Waals surface area contributed by atoms with Crippen LogP contribution in [0.1, 0.15) is 0 Å². The number of rotatable bonds is 15. The van der Waals surface area contributed by atoms with Gasteiger partial charge in [-0.15, -0.1) is 0 Å². The van der Waals surface area contributed by atoms with Crippen LogP contribution in [0.3, 0.4) is 0 Å². The first-order valence-corrected chi connectivity index (χ1v) is 15.4. The number of hydrogen-bond donors (Lipinski definition) is 1. The molecule has 0 saturated carbocycles. The topological polar surface area (TPSA) is 107 Å². The van der Waals surface area contributed by atoms with Crippen LogP contribution in [0, 0.1) is 0 Å². The van der Waals surface area contributed by atoms with Gasteiger partial charge in [-0.3, -0.25) is 0 Å². The monoisotopic (exact) mass is 586 g/mol. The number of benzene rings is 3. The van der Waals surface area contributed by atoms with Crippen LogP contribution in [0.2, 0.25) is 0 Å². The standard InChI is InChI=1S/C24H33N2O9P3/c1-27-19-7-13-22(14-8-19)33-36(30-4)25-38(32-6,35-24-17-11-21(29-3)12-18-24)26-37(31-5)34-23-15-9-20(28-2)10-16-23/h7-18,25,37-38H,1-6H3. The van der Waals surface area contributed by atoms with Crippen LogP contribution >= 0.6 is 24.7 Å². The second-order valence-corrected chi connectivity index (χ2v) is 13.0. The predicted molar refractivity (Wildman–Crippen MR) is 151 cm³/mol. The Hall–Kier alpha value is -2.61. The normalized spacial score (nSPS) is 13.3. The Bertz CT molecular complexity index is 1150. The van der Waals surface area contributed by atoms with Gasteiger partial charge < -0.3 is 0 Å². The van der Waals surface area contributed by atoms with Gasteiger partial charge in [0.15, 0.2) is 0 Å². The molecule has 38 heavy (non-hydrogen) atoms. The summed E-state index contributed by atoms with van der Waals surface area (Å²) in [4.78, 5) is 3.22. The summed E-state index contributed by atoms with van der Waals surface area (Å²) in [6.45, 7) is 0. The first-order valence-electron chi connectivity index (χ1n) is 11.2. The van der Waals surface area contributed by atoms with Gasteiger partial charge in [0, 0.05) is 0 Å². The van der Waals surface area contributed by atoms with Crippen molar-refractivity contribution in [2.45, 2.75) is 0 Å². The molecule has 0 amide bonds. The van der Waals surface area contributed by atoms with Gasteiger partial charge in [0.2, 0.25) is 0 Å². The zero-order valence-corrected chi connectivity index (χ0v) is 24.9. The number of methoxy groups -OCH3 is 3. The summed E-state index contributed by atoms with van der Waals surface area (Å²) in [5.41, 5.74) is 0. The molecule has 208 valence electrons. The maximum absolute atomic E-state index is 6.33. The second-order valence-electron chi connectivity index (χ2n) is 7.24. The van der Waals surface area contributed by atoms with E-state index in [9.17, 15) is 0 Å². The summed E-state index contributed by atoms with van der Waals surface area (Å²) in [6.07, 6.45) is 0. The SMILES string of the molecule is COc1ccc(OP(N[PH](/N=[PH](/OC)Oc2ccc(OC)cc2)(OC)Oc2ccc(OC)cc2)OC)cc1. The number of ether oxygens (including phenoxy) is 3. The van der Waals surface area contributed by atoms with Crippen LogP contribution in [0.5, 0.6) is 34.5 Å². The van der Waals surface area contributed by atoms with E-state index in [1.54, 1.807) is 94.1 Å².